The lowest BCUT2D eigenvalue weighted by molar-refractivity contribution is 0.0949. The van der Waals surface area contributed by atoms with Crippen LogP contribution in [0.2, 0.25) is 0 Å². The van der Waals surface area contributed by atoms with E-state index in [9.17, 15) is 4.79 Å². The summed E-state index contributed by atoms with van der Waals surface area (Å²) in [4.78, 5) is 20.1. The second kappa shape index (κ2) is 6.44. The fourth-order valence-corrected chi connectivity index (χ4v) is 1.46. The maximum absolute atomic E-state index is 11.8. The van der Waals surface area contributed by atoms with Crippen LogP contribution in [-0.4, -0.2) is 41.0 Å². The second-order valence-corrected chi connectivity index (χ2v) is 5.00. The number of rotatable bonds is 5. The summed E-state index contributed by atoms with van der Waals surface area (Å²) < 4.78 is 0. The predicted octanol–water partition coefficient (Wildman–Crippen LogP) is 1.31. The molecule has 17 heavy (non-hydrogen) atoms. The largest absolute Gasteiger partial charge is 0.357 e. The highest BCUT2D eigenvalue weighted by molar-refractivity contribution is 7.99. The molecule has 0 saturated heterocycles. The third-order valence-electron chi connectivity index (χ3n) is 2.26. The number of aryl methyl sites for hydroxylation is 1. The molecule has 1 aromatic rings. The lowest BCUT2D eigenvalue weighted by atomic mass is 10.3. The van der Waals surface area contributed by atoms with Crippen LogP contribution in [0.25, 0.3) is 0 Å². The number of aromatic nitrogens is 2. The van der Waals surface area contributed by atoms with Crippen LogP contribution in [-0.2, 0) is 0 Å². The zero-order valence-corrected chi connectivity index (χ0v) is 11.4. The average molecular weight is 254 g/mol. The highest BCUT2D eigenvalue weighted by Gasteiger charge is 2.10. The van der Waals surface area contributed by atoms with E-state index in [2.05, 4.69) is 27.5 Å². The van der Waals surface area contributed by atoms with E-state index in [4.69, 9.17) is 0 Å². The number of carbonyl (C=O) groups excluding carboxylic acids is 1. The van der Waals surface area contributed by atoms with Gasteiger partial charge in [0.05, 0.1) is 0 Å². The molecule has 0 bridgehead atoms. The number of nitrogens with one attached hydrogen (secondary N) is 2. The van der Waals surface area contributed by atoms with Crippen molar-refractivity contribution >= 4 is 23.6 Å². The minimum Gasteiger partial charge on any atom is -0.357 e. The van der Waals surface area contributed by atoms with Gasteiger partial charge in [-0.15, -0.1) is 0 Å². The molecule has 6 heteroatoms. The molecule has 0 fully saturated rings. The molecule has 5 nitrogen and oxygen atoms in total. The molecule has 1 rings (SSSR count). The normalized spacial score (nSPS) is 12.0. The van der Waals surface area contributed by atoms with Crippen LogP contribution in [0, 0.1) is 6.92 Å². The van der Waals surface area contributed by atoms with Crippen LogP contribution < -0.4 is 10.6 Å². The molecule has 0 aromatic carbocycles. The van der Waals surface area contributed by atoms with E-state index in [1.807, 2.05) is 13.2 Å². The molecule has 0 radical (unpaired) electrons. The molecule has 1 unspecified atom stereocenters. The number of anilines is 1. The molecule has 0 saturated carbocycles. The number of hydrogen-bond acceptors (Lipinski definition) is 5. The van der Waals surface area contributed by atoms with Gasteiger partial charge in [-0.3, -0.25) is 4.79 Å². The van der Waals surface area contributed by atoms with Gasteiger partial charge in [0.2, 0.25) is 5.95 Å². The van der Waals surface area contributed by atoms with E-state index in [1.54, 1.807) is 24.9 Å². The van der Waals surface area contributed by atoms with Crippen LogP contribution >= 0.6 is 11.8 Å². The van der Waals surface area contributed by atoms with Crippen molar-refractivity contribution in [1.82, 2.24) is 15.3 Å². The third kappa shape index (κ3) is 4.22. The van der Waals surface area contributed by atoms with Gasteiger partial charge in [0.1, 0.15) is 5.69 Å². The molecular weight excluding hydrogens is 236 g/mol. The van der Waals surface area contributed by atoms with Gasteiger partial charge in [-0.1, -0.05) is 6.92 Å². The lowest BCUT2D eigenvalue weighted by Crippen LogP contribution is -2.30. The summed E-state index contributed by atoms with van der Waals surface area (Å²) in [6.45, 7) is 4.54. The summed E-state index contributed by atoms with van der Waals surface area (Å²) >= 11 is 1.71. The monoisotopic (exact) mass is 254 g/mol. The van der Waals surface area contributed by atoms with Gasteiger partial charge in [-0.2, -0.15) is 11.8 Å². The molecule has 94 valence electrons. The molecule has 1 atom stereocenters. The Hall–Kier alpha value is -1.30. The van der Waals surface area contributed by atoms with E-state index in [-0.39, 0.29) is 5.91 Å². The Balaban J connectivity index is 2.71. The SMILES string of the molecule is CNc1nc(C)cc(C(=O)NCC(C)SC)n1. The van der Waals surface area contributed by atoms with Crippen molar-refractivity contribution in [3.63, 3.8) is 0 Å². The van der Waals surface area contributed by atoms with E-state index >= 15 is 0 Å². The lowest BCUT2D eigenvalue weighted by Gasteiger charge is -2.10. The van der Waals surface area contributed by atoms with Crippen molar-refractivity contribution in [2.24, 2.45) is 0 Å². The van der Waals surface area contributed by atoms with Crippen LogP contribution in [0.4, 0.5) is 5.95 Å². The van der Waals surface area contributed by atoms with Gasteiger partial charge >= 0.3 is 0 Å². The first kappa shape index (κ1) is 13.8. The van der Waals surface area contributed by atoms with Crippen LogP contribution in [0.3, 0.4) is 0 Å². The fourth-order valence-electron chi connectivity index (χ4n) is 1.21. The number of carbonyl (C=O) groups is 1. The van der Waals surface area contributed by atoms with Crippen LogP contribution in [0.15, 0.2) is 6.07 Å². The Morgan fingerprint density at radius 3 is 2.82 bits per heavy atom. The highest BCUT2D eigenvalue weighted by atomic mass is 32.2. The topological polar surface area (TPSA) is 66.9 Å². The van der Waals surface area contributed by atoms with Crippen molar-refractivity contribution in [3.05, 3.63) is 17.5 Å². The molecular formula is C11H18N4OS. The first-order valence-electron chi connectivity index (χ1n) is 5.41. The summed E-state index contributed by atoms with van der Waals surface area (Å²) in [6.07, 6.45) is 2.02. The average Bonchev–Trinajstić information content (AvgIpc) is 2.34. The molecule has 0 spiro atoms. The van der Waals surface area contributed by atoms with E-state index < -0.39 is 0 Å². The van der Waals surface area contributed by atoms with Crippen LogP contribution in [0.1, 0.15) is 23.1 Å². The van der Waals surface area contributed by atoms with E-state index in [0.29, 0.717) is 23.4 Å². The maximum Gasteiger partial charge on any atom is 0.270 e. The second-order valence-electron chi connectivity index (χ2n) is 3.72. The first-order valence-corrected chi connectivity index (χ1v) is 6.70. The summed E-state index contributed by atoms with van der Waals surface area (Å²) in [7, 11) is 1.73. The van der Waals surface area contributed by atoms with Crippen LogP contribution in [0.5, 0.6) is 0 Å². The standard InChI is InChI=1S/C11H18N4OS/c1-7-5-9(15-11(12-3)14-7)10(16)13-6-8(2)17-4/h5,8H,6H2,1-4H3,(H,13,16)(H,12,14,15). The summed E-state index contributed by atoms with van der Waals surface area (Å²) in [5.41, 5.74) is 1.17. The Kier molecular flexibility index (Phi) is 5.21. The number of hydrogen-bond donors (Lipinski definition) is 2. The zero-order chi connectivity index (χ0) is 12.8. The van der Waals surface area contributed by atoms with Gasteiger partial charge < -0.3 is 10.6 Å². The minimum atomic E-state index is -0.159. The molecule has 1 aromatic heterocycles. The van der Waals surface area contributed by atoms with Crippen molar-refractivity contribution < 1.29 is 4.79 Å². The summed E-state index contributed by atoms with van der Waals surface area (Å²) in [5.74, 6) is 0.306. The number of amides is 1. The molecule has 2 N–H and O–H groups in total. The maximum atomic E-state index is 11.8. The van der Waals surface area contributed by atoms with Crippen molar-refractivity contribution in [2.75, 3.05) is 25.2 Å². The highest BCUT2D eigenvalue weighted by Crippen LogP contribution is 2.06. The van der Waals surface area contributed by atoms with Gasteiger partial charge in [0, 0.05) is 24.5 Å². The minimum absolute atomic E-state index is 0.159. The first-order chi connectivity index (χ1) is 8.06. The quantitative estimate of drug-likeness (QED) is 0.829. The molecule has 1 amide bonds. The smallest absolute Gasteiger partial charge is 0.270 e. The van der Waals surface area contributed by atoms with Gasteiger partial charge in [-0.25, -0.2) is 9.97 Å². The molecule has 1 heterocycles. The summed E-state index contributed by atoms with van der Waals surface area (Å²) in [5, 5.41) is 6.08. The third-order valence-corrected chi connectivity index (χ3v) is 3.23. The Morgan fingerprint density at radius 1 is 1.53 bits per heavy atom. The van der Waals surface area contributed by atoms with Crippen molar-refractivity contribution in [3.8, 4) is 0 Å². The molecule has 0 aliphatic heterocycles. The van der Waals surface area contributed by atoms with Gasteiger partial charge in [0.15, 0.2) is 0 Å². The Labute approximate surface area is 106 Å². The van der Waals surface area contributed by atoms with E-state index in [0.717, 1.165) is 5.69 Å². The Morgan fingerprint density at radius 2 is 2.24 bits per heavy atom. The van der Waals surface area contributed by atoms with E-state index in [1.165, 1.54) is 0 Å². The predicted molar refractivity (Wildman–Crippen MR) is 71.6 cm³/mol. The van der Waals surface area contributed by atoms with Crippen molar-refractivity contribution in [1.29, 1.82) is 0 Å². The zero-order valence-electron chi connectivity index (χ0n) is 10.6. The Bertz CT molecular complexity index is 397. The number of thioether (sulfide) groups is 1. The van der Waals surface area contributed by atoms with Gasteiger partial charge in [0.25, 0.3) is 5.91 Å². The van der Waals surface area contributed by atoms with Gasteiger partial charge in [-0.05, 0) is 19.2 Å². The number of nitrogens with zero attached hydrogens (tertiary/aromatic N) is 2. The van der Waals surface area contributed by atoms with Crippen molar-refractivity contribution in [2.45, 2.75) is 19.1 Å². The molecule has 0 aliphatic carbocycles. The fraction of sp³-hybridized carbons (Fsp3) is 0.545. The summed E-state index contributed by atoms with van der Waals surface area (Å²) in [6, 6.07) is 1.68. The molecule has 0 aliphatic rings.